The van der Waals surface area contributed by atoms with Gasteiger partial charge < -0.3 is 15.4 Å². The van der Waals surface area contributed by atoms with Crippen LogP contribution in [0.15, 0.2) is 6.07 Å². The van der Waals surface area contributed by atoms with Crippen LogP contribution in [-0.4, -0.2) is 36.8 Å². The molecule has 0 radical (unpaired) electrons. The van der Waals surface area contributed by atoms with Gasteiger partial charge in [0, 0.05) is 25.6 Å². The van der Waals surface area contributed by atoms with E-state index in [1.54, 1.807) is 18.4 Å². The van der Waals surface area contributed by atoms with Crippen molar-refractivity contribution in [3.63, 3.8) is 0 Å². The van der Waals surface area contributed by atoms with E-state index in [0.717, 1.165) is 29.0 Å². The third kappa shape index (κ3) is 3.13. The highest BCUT2D eigenvalue weighted by molar-refractivity contribution is 7.18. The second-order valence-corrected chi connectivity index (χ2v) is 5.47. The summed E-state index contributed by atoms with van der Waals surface area (Å²) in [4.78, 5) is 11.3. The molecule has 2 N–H and O–H groups in total. The van der Waals surface area contributed by atoms with E-state index in [-0.39, 0.29) is 6.10 Å². The molecule has 0 aliphatic carbocycles. The van der Waals surface area contributed by atoms with Gasteiger partial charge in [-0.3, -0.25) is 0 Å². The molecule has 0 amide bonds. The maximum atomic E-state index is 5.25. The Labute approximate surface area is 117 Å². The number of anilines is 2. The van der Waals surface area contributed by atoms with Crippen molar-refractivity contribution < 1.29 is 4.74 Å². The van der Waals surface area contributed by atoms with E-state index in [4.69, 9.17) is 4.74 Å². The molecule has 19 heavy (non-hydrogen) atoms. The molecule has 0 fully saturated rings. The fourth-order valence-corrected chi connectivity index (χ4v) is 2.68. The summed E-state index contributed by atoms with van der Waals surface area (Å²) in [5, 5.41) is 7.43. The fraction of sp³-hybridized carbons (Fsp3) is 0.538. The number of fused-ring (bicyclic) bond motifs is 1. The molecule has 2 aromatic heterocycles. The van der Waals surface area contributed by atoms with Gasteiger partial charge in [0.05, 0.1) is 11.5 Å². The van der Waals surface area contributed by atoms with Crippen molar-refractivity contribution in [3.8, 4) is 0 Å². The average Bonchev–Trinajstić information content (AvgIpc) is 2.86. The predicted molar refractivity (Wildman–Crippen MR) is 81.3 cm³/mol. The monoisotopic (exact) mass is 280 g/mol. The van der Waals surface area contributed by atoms with Gasteiger partial charge in [-0.2, -0.15) is 4.98 Å². The first-order chi connectivity index (χ1) is 9.17. The maximum absolute atomic E-state index is 5.25. The molecule has 2 rings (SSSR count). The lowest BCUT2D eigenvalue weighted by Gasteiger charge is -2.12. The van der Waals surface area contributed by atoms with Crippen molar-refractivity contribution in [2.45, 2.75) is 26.4 Å². The Morgan fingerprint density at radius 3 is 2.84 bits per heavy atom. The van der Waals surface area contributed by atoms with E-state index in [2.05, 4.69) is 33.6 Å². The third-order valence-corrected chi connectivity index (χ3v) is 4.15. The Morgan fingerprint density at radius 2 is 2.21 bits per heavy atom. The first kappa shape index (κ1) is 14.0. The quantitative estimate of drug-likeness (QED) is 0.852. The third-order valence-electron chi connectivity index (χ3n) is 2.98. The van der Waals surface area contributed by atoms with Crippen molar-refractivity contribution in [1.29, 1.82) is 0 Å². The molecule has 5 nitrogen and oxygen atoms in total. The molecular formula is C13H20N4OS. The molecule has 104 valence electrons. The number of thiophene rings is 1. The molecule has 1 atom stereocenters. The van der Waals surface area contributed by atoms with Crippen LogP contribution in [-0.2, 0) is 11.2 Å². The van der Waals surface area contributed by atoms with Gasteiger partial charge >= 0.3 is 0 Å². The highest BCUT2D eigenvalue weighted by Gasteiger charge is 2.11. The van der Waals surface area contributed by atoms with Crippen LogP contribution in [0.1, 0.15) is 18.7 Å². The van der Waals surface area contributed by atoms with E-state index < -0.39 is 0 Å². The van der Waals surface area contributed by atoms with Crippen molar-refractivity contribution in [1.82, 2.24) is 9.97 Å². The second-order valence-electron chi connectivity index (χ2n) is 4.36. The molecule has 6 heteroatoms. The second kappa shape index (κ2) is 6.16. The molecule has 0 saturated heterocycles. The highest BCUT2D eigenvalue weighted by Crippen LogP contribution is 2.30. The Balaban J connectivity index is 2.35. The Hall–Kier alpha value is -1.40. The zero-order valence-corrected chi connectivity index (χ0v) is 12.6. The van der Waals surface area contributed by atoms with Gasteiger partial charge in [0.1, 0.15) is 10.6 Å². The molecule has 0 spiro atoms. The van der Waals surface area contributed by atoms with Crippen LogP contribution in [0, 0.1) is 0 Å². The number of ether oxygens (including phenoxy) is 1. The number of hydrogen-bond acceptors (Lipinski definition) is 6. The molecule has 2 heterocycles. The minimum Gasteiger partial charge on any atom is -0.380 e. The van der Waals surface area contributed by atoms with Gasteiger partial charge in [0.2, 0.25) is 5.95 Å². The summed E-state index contributed by atoms with van der Waals surface area (Å²) in [5.41, 5.74) is 0. The van der Waals surface area contributed by atoms with Gasteiger partial charge in [0.25, 0.3) is 0 Å². The van der Waals surface area contributed by atoms with Crippen molar-refractivity contribution in [2.24, 2.45) is 0 Å². The van der Waals surface area contributed by atoms with Crippen molar-refractivity contribution in [2.75, 3.05) is 31.3 Å². The Morgan fingerprint density at radius 1 is 1.42 bits per heavy atom. The van der Waals surface area contributed by atoms with Gasteiger partial charge in [-0.15, -0.1) is 11.3 Å². The van der Waals surface area contributed by atoms with E-state index in [1.165, 1.54) is 4.88 Å². The molecule has 1 unspecified atom stereocenters. The summed E-state index contributed by atoms with van der Waals surface area (Å²) < 4.78 is 5.25. The Bertz CT molecular complexity index is 555. The van der Waals surface area contributed by atoms with Crippen LogP contribution in [0.3, 0.4) is 0 Å². The molecule has 0 aliphatic heterocycles. The first-order valence-corrected chi connectivity index (χ1v) is 7.24. The predicted octanol–water partition coefficient (Wildman–Crippen LogP) is 2.74. The summed E-state index contributed by atoms with van der Waals surface area (Å²) in [6, 6.07) is 2.17. The molecule has 0 aliphatic rings. The summed E-state index contributed by atoms with van der Waals surface area (Å²) in [7, 11) is 3.54. The minimum absolute atomic E-state index is 0.146. The Kier molecular flexibility index (Phi) is 4.55. The lowest BCUT2D eigenvalue weighted by atomic mass is 10.3. The molecule has 2 aromatic rings. The molecule has 0 aromatic carbocycles. The zero-order valence-electron chi connectivity index (χ0n) is 11.8. The summed E-state index contributed by atoms with van der Waals surface area (Å²) in [5.74, 6) is 1.51. The maximum Gasteiger partial charge on any atom is 0.225 e. The summed E-state index contributed by atoms with van der Waals surface area (Å²) in [6.07, 6.45) is 1.16. The van der Waals surface area contributed by atoms with Crippen LogP contribution < -0.4 is 10.6 Å². The van der Waals surface area contributed by atoms with Gasteiger partial charge in [-0.25, -0.2) is 4.98 Å². The van der Waals surface area contributed by atoms with Gasteiger partial charge in [-0.05, 0) is 19.4 Å². The van der Waals surface area contributed by atoms with Crippen LogP contribution in [0.4, 0.5) is 11.8 Å². The van der Waals surface area contributed by atoms with E-state index in [9.17, 15) is 0 Å². The van der Waals surface area contributed by atoms with Crippen LogP contribution in [0.25, 0.3) is 10.2 Å². The number of aromatic nitrogens is 2. The zero-order chi connectivity index (χ0) is 13.8. The topological polar surface area (TPSA) is 59.1 Å². The summed E-state index contributed by atoms with van der Waals surface area (Å²) in [6.45, 7) is 4.90. The number of rotatable bonds is 6. The normalized spacial score (nSPS) is 12.6. The fourth-order valence-electron chi connectivity index (χ4n) is 1.72. The first-order valence-electron chi connectivity index (χ1n) is 6.42. The minimum atomic E-state index is 0.146. The SMILES string of the molecule is CCc1cc2c(NCC(C)OC)nc(NC)nc2s1. The molecular weight excluding hydrogens is 260 g/mol. The number of aryl methyl sites for hydroxylation is 1. The van der Waals surface area contributed by atoms with Gasteiger partial charge in [-0.1, -0.05) is 6.92 Å². The lowest BCUT2D eigenvalue weighted by Crippen LogP contribution is -2.19. The lowest BCUT2D eigenvalue weighted by molar-refractivity contribution is 0.128. The number of hydrogen-bond donors (Lipinski definition) is 2. The number of methoxy groups -OCH3 is 1. The smallest absolute Gasteiger partial charge is 0.225 e. The standard InChI is InChI=1S/C13H20N4OS/c1-5-9-6-10-11(15-7-8(2)18-4)16-13(14-3)17-12(10)19-9/h6,8H,5,7H2,1-4H3,(H2,14,15,16,17). The van der Waals surface area contributed by atoms with Crippen molar-refractivity contribution >= 4 is 33.3 Å². The van der Waals surface area contributed by atoms with Crippen LogP contribution >= 0.6 is 11.3 Å². The number of nitrogens with one attached hydrogen (secondary N) is 2. The van der Waals surface area contributed by atoms with E-state index in [0.29, 0.717) is 5.95 Å². The van der Waals surface area contributed by atoms with Gasteiger partial charge in [0.15, 0.2) is 0 Å². The number of nitrogens with zero attached hydrogens (tertiary/aromatic N) is 2. The van der Waals surface area contributed by atoms with Crippen molar-refractivity contribution in [3.05, 3.63) is 10.9 Å². The van der Waals surface area contributed by atoms with E-state index >= 15 is 0 Å². The summed E-state index contributed by atoms with van der Waals surface area (Å²) >= 11 is 1.72. The highest BCUT2D eigenvalue weighted by atomic mass is 32.1. The largest absolute Gasteiger partial charge is 0.380 e. The molecule has 0 bridgehead atoms. The van der Waals surface area contributed by atoms with Crippen LogP contribution in [0.5, 0.6) is 0 Å². The average molecular weight is 280 g/mol. The van der Waals surface area contributed by atoms with E-state index in [1.807, 2.05) is 14.0 Å². The van der Waals surface area contributed by atoms with Crippen LogP contribution in [0.2, 0.25) is 0 Å². The molecule has 0 saturated carbocycles.